The highest BCUT2D eigenvalue weighted by atomic mass is 35.5. The van der Waals surface area contributed by atoms with E-state index in [0.29, 0.717) is 10.0 Å². The van der Waals surface area contributed by atoms with Crippen molar-refractivity contribution in [2.24, 2.45) is 0 Å². The van der Waals surface area contributed by atoms with E-state index in [4.69, 9.17) is 23.2 Å². The van der Waals surface area contributed by atoms with Gasteiger partial charge in [0.1, 0.15) is 0 Å². The summed E-state index contributed by atoms with van der Waals surface area (Å²) in [4.78, 5) is 6.48. The van der Waals surface area contributed by atoms with Gasteiger partial charge in [-0.1, -0.05) is 47.5 Å². The van der Waals surface area contributed by atoms with Gasteiger partial charge < -0.3 is 9.97 Å². The third-order valence-corrected chi connectivity index (χ3v) is 6.02. The van der Waals surface area contributed by atoms with Crippen molar-refractivity contribution in [3.05, 3.63) is 105 Å². The van der Waals surface area contributed by atoms with Crippen LogP contribution in [0.25, 0.3) is 21.8 Å². The van der Waals surface area contributed by atoms with Gasteiger partial charge in [-0.25, -0.2) is 0 Å². The van der Waals surface area contributed by atoms with Crippen LogP contribution in [0.5, 0.6) is 0 Å². The molecule has 0 aliphatic heterocycles. The lowest BCUT2D eigenvalue weighted by Gasteiger charge is -2.18. The zero-order valence-electron chi connectivity index (χ0n) is 15.9. The molecule has 156 valence electrons. The molecule has 0 saturated heterocycles. The number of hydrogen-bond acceptors (Lipinski definition) is 0. The Morgan fingerprint density at radius 1 is 0.677 bits per heavy atom. The van der Waals surface area contributed by atoms with E-state index < -0.39 is 11.7 Å². The fraction of sp³-hybridized carbons (Fsp3) is 0.0833. The van der Waals surface area contributed by atoms with E-state index in [2.05, 4.69) is 9.97 Å². The number of fused-ring (bicyclic) bond motifs is 2. The minimum absolute atomic E-state index is 0.299. The predicted molar refractivity (Wildman–Crippen MR) is 119 cm³/mol. The van der Waals surface area contributed by atoms with Crippen molar-refractivity contribution in [1.82, 2.24) is 9.97 Å². The minimum Gasteiger partial charge on any atom is -0.361 e. The monoisotopic (exact) mass is 458 g/mol. The van der Waals surface area contributed by atoms with Gasteiger partial charge in [-0.05, 0) is 53.1 Å². The van der Waals surface area contributed by atoms with E-state index >= 15 is 0 Å². The molecule has 7 heteroatoms. The number of benzene rings is 3. The highest BCUT2D eigenvalue weighted by molar-refractivity contribution is 6.31. The molecule has 0 amide bonds. The average Bonchev–Trinajstić information content (AvgIpc) is 3.32. The van der Waals surface area contributed by atoms with E-state index in [0.717, 1.165) is 50.6 Å². The van der Waals surface area contributed by atoms with E-state index in [1.165, 1.54) is 12.1 Å². The standard InChI is InChI=1S/C24H15Cl2F3N2/c25-15-5-7-17-19(11-30-21(17)9-15)23(13-1-3-14(4-2-13)24(27,28)29)20-12-31-22-10-16(26)6-8-18(20)22/h1-12,23,30-31H. The topological polar surface area (TPSA) is 31.6 Å². The molecule has 0 radical (unpaired) electrons. The Kier molecular flexibility index (Phi) is 4.76. The van der Waals surface area contributed by atoms with Gasteiger partial charge in [-0.15, -0.1) is 0 Å². The molecule has 2 nitrogen and oxygen atoms in total. The van der Waals surface area contributed by atoms with Gasteiger partial charge in [-0.3, -0.25) is 0 Å². The van der Waals surface area contributed by atoms with Crippen LogP contribution in [0.1, 0.15) is 28.2 Å². The second-order valence-corrected chi connectivity index (χ2v) is 8.29. The molecule has 31 heavy (non-hydrogen) atoms. The first-order valence-corrected chi connectivity index (χ1v) is 10.3. The summed E-state index contributed by atoms with van der Waals surface area (Å²) in [6.45, 7) is 0. The maximum atomic E-state index is 13.1. The van der Waals surface area contributed by atoms with E-state index in [1.807, 2.05) is 36.7 Å². The zero-order valence-corrected chi connectivity index (χ0v) is 17.4. The summed E-state index contributed by atoms with van der Waals surface area (Å²) in [5.74, 6) is -0.299. The normalized spacial score (nSPS) is 12.3. The Morgan fingerprint density at radius 3 is 1.61 bits per heavy atom. The number of nitrogens with one attached hydrogen (secondary N) is 2. The van der Waals surface area contributed by atoms with Gasteiger partial charge in [0.05, 0.1) is 5.56 Å². The minimum atomic E-state index is -4.39. The number of rotatable bonds is 3. The molecule has 0 spiro atoms. The van der Waals surface area contributed by atoms with Crippen LogP contribution >= 0.6 is 23.2 Å². The maximum absolute atomic E-state index is 13.1. The molecule has 0 bridgehead atoms. The van der Waals surface area contributed by atoms with E-state index in [1.54, 1.807) is 12.1 Å². The smallest absolute Gasteiger partial charge is 0.361 e. The molecule has 2 N–H and O–H groups in total. The van der Waals surface area contributed by atoms with Crippen molar-refractivity contribution in [3.8, 4) is 0 Å². The summed E-state index contributed by atoms with van der Waals surface area (Å²) in [5.41, 5.74) is 3.69. The Hall–Kier alpha value is -2.89. The lowest BCUT2D eigenvalue weighted by molar-refractivity contribution is -0.137. The number of H-pyrrole nitrogens is 2. The van der Waals surface area contributed by atoms with Crippen LogP contribution in [0.3, 0.4) is 0 Å². The second-order valence-electron chi connectivity index (χ2n) is 7.42. The van der Waals surface area contributed by atoms with Gasteiger partial charge in [0, 0.05) is 50.2 Å². The molecule has 0 aliphatic rings. The van der Waals surface area contributed by atoms with Gasteiger partial charge in [0.25, 0.3) is 0 Å². The highest BCUT2D eigenvalue weighted by Crippen LogP contribution is 2.41. The molecule has 0 unspecified atom stereocenters. The van der Waals surface area contributed by atoms with Crippen LogP contribution in [0, 0.1) is 0 Å². The molecular weight excluding hydrogens is 444 g/mol. The zero-order chi connectivity index (χ0) is 21.8. The number of aromatic amines is 2. The van der Waals surface area contributed by atoms with Gasteiger partial charge in [-0.2, -0.15) is 13.2 Å². The predicted octanol–water partition coefficient (Wildman–Crippen LogP) is 8.16. The van der Waals surface area contributed by atoms with Crippen LogP contribution in [0.15, 0.2) is 73.1 Å². The fourth-order valence-corrected chi connectivity index (χ4v) is 4.45. The summed E-state index contributed by atoms with van der Waals surface area (Å²) in [5, 5.41) is 3.12. The molecule has 0 saturated carbocycles. The summed E-state index contributed by atoms with van der Waals surface area (Å²) < 4.78 is 39.4. The summed E-state index contributed by atoms with van der Waals surface area (Å²) in [7, 11) is 0. The van der Waals surface area contributed by atoms with Gasteiger partial charge in [0.15, 0.2) is 0 Å². The van der Waals surface area contributed by atoms with E-state index in [9.17, 15) is 13.2 Å². The Bertz CT molecular complexity index is 1320. The molecule has 0 fully saturated rings. The fourth-order valence-electron chi connectivity index (χ4n) is 4.11. The quantitative estimate of drug-likeness (QED) is 0.273. The summed E-state index contributed by atoms with van der Waals surface area (Å²) in [6.07, 6.45) is -0.612. The summed E-state index contributed by atoms with van der Waals surface area (Å²) >= 11 is 12.3. The molecule has 5 rings (SSSR count). The van der Waals surface area contributed by atoms with E-state index in [-0.39, 0.29) is 5.92 Å². The molecule has 0 aliphatic carbocycles. The van der Waals surface area contributed by atoms with Crippen molar-refractivity contribution in [1.29, 1.82) is 0 Å². The van der Waals surface area contributed by atoms with Crippen LogP contribution in [0.4, 0.5) is 13.2 Å². The number of hydrogen-bond donors (Lipinski definition) is 2. The number of alkyl halides is 3. The van der Waals surface area contributed by atoms with Crippen LogP contribution in [-0.2, 0) is 6.18 Å². The van der Waals surface area contributed by atoms with Crippen LogP contribution in [0.2, 0.25) is 10.0 Å². The van der Waals surface area contributed by atoms with Crippen LogP contribution in [-0.4, -0.2) is 9.97 Å². The number of aromatic nitrogens is 2. The molecule has 5 aromatic rings. The third-order valence-electron chi connectivity index (χ3n) is 5.54. The maximum Gasteiger partial charge on any atom is 0.416 e. The molecule has 3 aromatic carbocycles. The van der Waals surface area contributed by atoms with Crippen molar-refractivity contribution in [2.75, 3.05) is 0 Å². The van der Waals surface area contributed by atoms with Crippen molar-refractivity contribution in [3.63, 3.8) is 0 Å². The molecule has 2 heterocycles. The molecule has 2 aromatic heterocycles. The Labute approximate surface area is 185 Å². The lowest BCUT2D eigenvalue weighted by atomic mass is 9.84. The third kappa shape index (κ3) is 3.58. The van der Waals surface area contributed by atoms with Crippen molar-refractivity contribution >= 4 is 45.0 Å². The summed E-state index contributed by atoms with van der Waals surface area (Å²) in [6, 6.07) is 16.4. The SMILES string of the molecule is FC(F)(F)c1ccc(C(c2c[nH]c3cc(Cl)ccc23)c2c[nH]c3cc(Cl)ccc23)cc1. The molecular formula is C24H15Cl2F3N2. The number of halogens is 5. The Balaban J connectivity index is 1.74. The van der Waals surface area contributed by atoms with Gasteiger partial charge in [0.2, 0.25) is 0 Å². The van der Waals surface area contributed by atoms with Crippen LogP contribution < -0.4 is 0 Å². The van der Waals surface area contributed by atoms with Crippen molar-refractivity contribution < 1.29 is 13.2 Å². The first-order chi connectivity index (χ1) is 14.8. The van der Waals surface area contributed by atoms with Gasteiger partial charge >= 0.3 is 6.18 Å². The first kappa shape index (κ1) is 20.0. The van der Waals surface area contributed by atoms with Crippen molar-refractivity contribution in [2.45, 2.75) is 12.1 Å². The second kappa shape index (κ2) is 7.36. The average molecular weight is 459 g/mol. The lowest BCUT2D eigenvalue weighted by Crippen LogP contribution is -2.07. The first-order valence-electron chi connectivity index (χ1n) is 9.51. The highest BCUT2D eigenvalue weighted by Gasteiger charge is 2.31. The largest absolute Gasteiger partial charge is 0.416 e. The Morgan fingerprint density at radius 2 is 1.16 bits per heavy atom. The molecule has 0 atom stereocenters.